The highest BCUT2D eigenvalue weighted by molar-refractivity contribution is 8.93. The molecule has 1 N–H and O–H groups in total. The summed E-state index contributed by atoms with van der Waals surface area (Å²) in [5.41, 5.74) is 1.69. The highest BCUT2D eigenvalue weighted by Crippen LogP contribution is 2.22. The summed E-state index contributed by atoms with van der Waals surface area (Å²) in [4.78, 5) is 18.3. The van der Waals surface area contributed by atoms with Crippen molar-refractivity contribution in [2.75, 3.05) is 12.9 Å². The molecule has 2 aromatic rings. The van der Waals surface area contributed by atoms with Crippen molar-refractivity contribution in [2.24, 2.45) is 0 Å². The largest absolute Gasteiger partial charge is 0.468 e. The molecule has 0 fully saturated rings. The summed E-state index contributed by atoms with van der Waals surface area (Å²) in [5, 5.41) is 1.34. The third kappa shape index (κ3) is 3.62. The van der Waals surface area contributed by atoms with Gasteiger partial charge < -0.3 is 9.72 Å². The number of aromatic nitrogens is 2. The Hall–Kier alpha value is -0.720. The van der Waals surface area contributed by atoms with Crippen LogP contribution in [0, 0.1) is 0 Å². The van der Waals surface area contributed by atoms with Crippen LogP contribution in [0.2, 0.25) is 5.02 Å². The second kappa shape index (κ2) is 6.28. The van der Waals surface area contributed by atoms with Crippen molar-refractivity contribution in [2.45, 2.75) is 5.16 Å². The molecule has 4 nitrogen and oxygen atoms in total. The van der Waals surface area contributed by atoms with Gasteiger partial charge in [0.05, 0.1) is 23.9 Å². The first kappa shape index (κ1) is 14.3. The zero-order chi connectivity index (χ0) is 11.5. The van der Waals surface area contributed by atoms with Crippen LogP contribution in [0.25, 0.3) is 11.0 Å². The molecule has 0 spiro atoms. The van der Waals surface area contributed by atoms with E-state index in [9.17, 15) is 4.79 Å². The molecule has 0 aliphatic rings. The van der Waals surface area contributed by atoms with Crippen molar-refractivity contribution in [1.29, 1.82) is 0 Å². The summed E-state index contributed by atoms with van der Waals surface area (Å²) in [6.07, 6.45) is 0. The van der Waals surface area contributed by atoms with Crippen LogP contribution in [0.4, 0.5) is 0 Å². The molecule has 2 rings (SSSR count). The van der Waals surface area contributed by atoms with Gasteiger partial charge in [0.15, 0.2) is 5.16 Å². The van der Waals surface area contributed by atoms with Gasteiger partial charge in [-0.15, -0.1) is 17.0 Å². The zero-order valence-electron chi connectivity index (χ0n) is 8.90. The summed E-state index contributed by atoms with van der Waals surface area (Å²) < 4.78 is 4.54. The Morgan fingerprint density at radius 3 is 3.06 bits per heavy atom. The molecule has 0 aliphatic carbocycles. The second-order valence-electron chi connectivity index (χ2n) is 3.07. The number of aromatic amines is 1. The van der Waals surface area contributed by atoms with Gasteiger partial charge >= 0.3 is 5.97 Å². The lowest BCUT2D eigenvalue weighted by Gasteiger charge is -1.95. The van der Waals surface area contributed by atoms with Crippen LogP contribution >= 0.6 is 40.3 Å². The first-order valence-corrected chi connectivity index (χ1v) is 5.90. The average molecular weight is 338 g/mol. The van der Waals surface area contributed by atoms with E-state index in [0.717, 1.165) is 11.0 Å². The molecule has 0 saturated heterocycles. The third-order valence-corrected chi connectivity index (χ3v) is 3.06. The van der Waals surface area contributed by atoms with Crippen molar-refractivity contribution in [3.05, 3.63) is 23.2 Å². The minimum absolute atomic E-state index is 0. The smallest absolute Gasteiger partial charge is 0.316 e. The highest BCUT2D eigenvalue weighted by atomic mass is 79.9. The predicted molar refractivity (Wildman–Crippen MR) is 74.2 cm³/mol. The minimum atomic E-state index is -0.275. The lowest BCUT2D eigenvalue weighted by molar-refractivity contribution is -0.137. The Bertz CT molecular complexity index is 532. The van der Waals surface area contributed by atoms with Crippen molar-refractivity contribution >= 4 is 57.3 Å². The molecular weight excluding hydrogens is 328 g/mol. The van der Waals surface area contributed by atoms with Crippen molar-refractivity contribution < 1.29 is 9.53 Å². The van der Waals surface area contributed by atoms with E-state index in [1.807, 2.05) is 6.07 Å². The van der Waals surface area contributed by atoms with Crippen LogP contribution in [-0.4, -0.2) is 28.8 Å². The molecule has 0 unspecified atom stereocenters. The number of H-pyrrole nitrogens is 1. The average Bonchev–Trinajstić information content (AvgIpc) is 2.67. The normalized spacial score (nSPS) is 10.0. The molecule has 0 amide bonds. The number of carbonyl (C=O) groups excluding carboxylic acids is 1. The minimum Gasteiger partial charge on any atom is -0.468 e. The molecule has 17 heavy (non-hydrogen) atoms. The Labute approximate surface area is 118 Å². The van der Waals surface area contributed by atoms with Crippen LogP contribution in [0.15, 0.2) is 23.4 Å². The molecule has 1 aromatic heterocycles. The predicted octanol–water partition coefficient (Wildman–Crippen LogP) is 3.06. The molecule has 1 heterocycles. The van der Waals surface area contributed by atoms with Crippen molar-refractivity contribution in [3.8, 4) is 0 Å². The van der Waals surface area contributed by atoms with E-state index >= 15 is 0 Å². The number of ether oxygens (including phenoxy) is 1. The Morgan fingerprint density at radius 2 is 2.35 bits per heavy atom. The molecule has 0 aliphatic heterocycles. The van der Waals surface area contributed by atoms with E-state index in [4.69, 9.17) is 11.6 Å². The van der Waals surface area contributed by atoms with Gasteiger partial charge in [-0.1, -0.05) is 23.4 Å². The second-order valence-corrected chi connectivity index (χ2v) is 4.47. The van der Waals surface area contributed by atoms with Gasteiger partial charge in [-0.2, -0.15) is 0 Å². The van der Waals surface area contributed by atoms with Crippen molar-refractivity contribution in [1.82, 2.24) is 9.97 Å². The first-order valence-electron chi connectivity index (χ1n) is 4.54. The van der Waals surface area contributed by atoms with Gasteiger partial charge in [0.25, 0.3) is 0 Å². The topological polar surface area (TPSA) is 55.0 Å². The third-order valence-electron chi connectivity index (χ3n) is 1.98. The van der Waals surface area contributed by atoms with Gasteiger partial charge in [0.1, 0.15) is 0 Å². The van der Waals surface area contributed by atoms with Crippen LogP contribution in [0.5, 0.6) is 0 Å². The Kier molecular flexibility index (Phi) is 5.30. The van der Waals surface area contributed by atoms with E-state index in [0.29, 0.717) is 10.2 Å². The molecule has 1 aromatic carbocycles. The van der Waals surface area contributed by atoms with Crippen molar-refractivity contribution in [3.63, 3.8) is 0 Å². The van der Waals surface area contributed by atoms with Gasteiger partial charge in [-0.05, 0) is 18.2 Å². The lowest BCUT2D eigenvalue weighted by atomic mass is 10.3. The quantitative estimate of drug-likeness (QED) is 0.691. The molecule has 0 atom stereocenters. The standard InChI is InChI=1S/C10H9ClN2O2S.BrH/c1-15-9(14)5-16-10-12-7-3-2-6(11)4-8(7)13-10;/h2-4H,5H2,1H3,(H,12,13);1H. The van der Waals surface area contributed by atoms with Gasteiger partial charge in [0.2, 0.25) is 0 Å². The lowest BCUT2D eigenvalue weighted by Crippen LogP contribution is -2.02. The van der Waals surface area contributed by atoms with E-state index in [1.54, 1.807) is 12.1 Å². The summed E-state index contributed by atoms with van der Waals surface area (Å²) >= 11 is 7.15. The molecule has 0 radical (unpaired) electrons. The molecule has 0 saturated carbocycles. The van der Waals surface area contributed by atoms with E-state index in [-0.39, 0.29) is 28.7 Å². The number of nitrogens with zero attached hydrogens (tertiary/aromatic N) is 1. The number of rotatable bonds is 3. The number of benzene rings is 1. The van der Waals surface area contributed by atoms with Gasteiger partial charge in [0, 0.05) is 5.02 Å². The SMILES string of the molecule is Br.COC(=O)CSc1nc2ccc(Cl)cc2[nH]1. The number of methoxy groups -OCH3 is 1. The zero-order valence-corrected chi connectivity index (χ0v) is 12.2. The summed E-state index contributed by atoms with van der Waals surface area (Å²) in [6, 6.07) is 5.40. The fourth-order valence-electron chi connectivity index (χ4n) is 1.21. The summed E-state index contributed by atoms with van der Waals surface area (Å²) in [6.45, 7) is 0. The van der Waals surface area contributed by atoms with Gasteiger partial charge in [-0.3, -0.25) is 4.79 Å². The van der Waals surface area contributed by atoms with Gasteiger partial charge in [-0.25, -0.2) is 4.98 Å². The first-order chi connectivity index (χ1) is 7.69. The number of hydrogen-bond acceptors (Lipinski definition) is 4. The number of fused-ring (bicyclic) bond motifs is 1. The van der Waals surface area contributed by atoms with Crippen LogP contribution in [0.1, 0.15) is 0 Å². The molecule has 0 bridgehead atoms. The maximum Gasteiger partial charge on any atom is 0.316 e. The maximum absolute atomic E-state index is 10.9. The van der Waals surface area contributed by atoms with Crippen LogP contribution in [0.3, 0.4) is 0 Å². The number of esters is 1. The molecule has 92 valence electrons. The summed E-state index contributed by atoms with van der Waals surface area (Å²) in [7, 11) is 1.36. The number of imidazole rings is 1. The highest BCUT2D eigenvalue weighted by Gasteiger charge is 2.06. The number of thioether (sulfide) groups is 1. The number of hydrogen-bond donors (Lipinski definition) is 1. The monoisotopic (exact) mass is 336 g/mol. The fraction of sp³-hybridized carbons (Fsp3) is 0.200. The maximum atomic E-state index is 10.9. The molecular formula is C10H10BrClN2O2S. The Balaban J connectivity index is 0.00000144. The number of nitrogens with one attached hydrogen (secondary N) is 1. The number of carbonyl (C=O) groups is 1. The van der Waals surface area contributed by atoms with Crippen LogP contribution in [-0.2, 0) is 9.53 Å². The van der Waals surface area contributed by atoms with E-state index < -0.39 is 0 Å². The summed E-state index contributed by atoms with van der Waals surface area (Å²) in [5.74, 6) is -0.0344. The van der Waals surface area contributed by atoms with Crippen LogP contribution < -0.4 is 0 Å². The van der Waals surface area contributed by atoms with E-state index in [1.165, 1.54) is 18.9 Å². The number of halogens is 2. The fourth-order valence-corrected chi connectivity index (χ4v) is 2.10. The molecule has 7 heteroatoms. The Morgan fingerprint density at radius 1 is 1.59 bits per heavy atom. The van der Waals surface area contributed by atoms with E-state index in [2.05, 4.69) is 14.7 Å².